The van der Waals surface area contributed by atoms with Crippen LogP contribution in [0.3, 0.4) is 0 Å². The Balaban J connectivity index is 1.58. The van der Waals surface area contributed by atoms with Crippen LogP contribution in [0.2, 0.25) is 0 Å². The number of pyridine rings is 1. The van der Waals surface area contributed by atoms with Crippen molar-refractivity contribution in [3.05, 3.63) is 75.2 Å². The van der Waals surface area contributed by atoms with Crippen LogP contribution in [0.25, 0.3) is 10.9 Å². The van der Waals surface area contributed by atoms with E-state index in [1.165, 1.54) is 0 Å². The van der Waals surface area contributed by atoms with Gasteiger partial charge in [0, 0.05) is 29.6 Å². The van der Waals surface area contributed by atoms with Crippen molar-refractivity contribution in [2.24, 2.45) is 0 Å². The molecule has 0 unspecified atom stereocenters. The van der Waals surface area contributed by atoms with Gasteiger partial charge in [0.25, 0.3) is 5.56 Å². The SMILES string of the molecule is Cc1cc(C)c2cc(CN(CCO)Cc3nnnn3Cc3ccco3)c(=O)[nH]c2c1. The molecular weight excluding hydrogens is 384 g/mol. The zero-order valence-electron chi connectivity index (χ0n) is 17.0. The van der Waals surface area contributed by atoms with Crippen molar-refractivity contribution in [2.75, 3.05) is 13.2 Å². The summed E-state index contributed by atoms with van der Waals surface area (Å²) in [5.41, 5.74) is 3.54. The maximum Gasteiger partial charge on any atom is 0.252 e. The Morgan fingerprint density at radius 2 is 2.10 bits per heavy atom. The predicted octanol–water partition coefficient (Wildman–Crippen LogP) is 1.77. The fourth-order valence-electron chi connectivity index (χ4n) is 3.64. The number of benzene rings is 1. The van der Waals surface area contributed by atoms with Gasteiger partial charge in [-0.2, -0.15) is 0 Å². The summed E-state index contributed by atoms with van der Waals surface area (Å²) < 4.78 is 7.02. The molecule has 3 aromatic heterocycles. The molecule has 3 heterocycles. The van der Waals surface area contributed by atoms with Crippen molar-refractivity contribution < 1.29 is 9.52 Å². The number of H-pyrrole nitrogens is 1. The molecule has 4 aromatic rings. The summed E-state index contributed by atoms with van der Waals surface area (Å²) in [6, 6.07) is 9.67. The minimum Gasteiger partial charge on any atom is -0.467 e. The lowest BCUT2D eigenvalue weighted by atomic mass is 10.0. The molecule has 0 saturated heterocycles. The Hall–Kier alpha value is -3.30. The Kier molecular flexibility index (Phi) is 5.73. The van der Waals surface area contributed by atoms with Crippen LogP contribution in [-0.4, -0.2) is 48.3 Å². The number of fused-ring (bicyclic) bond motifs is 1. The number of hydrogen-bond acceptors (Lipinski definition) is 7. The number of aryl methyl sites for hydroxylation is 2. The number of aromatic nitrogens is 5. The smallest absolute Gasteiger partial charge is 0.252 e. The van der Waals surface area contributed by atoms with Crippen LogP contribution < -0.4 is 5.56 Å². The van der Waals surface area contributed by atoms with Crippen molar-refractivity contribution in [3.8, 4) is 0 Å². The topological polar surface area (TPSA) is 113 Å². The second kappa shape index (κ2) is 8.60. The Morgan fingerprint density at radius 1 is 1.23 bits per heavy atom. The standard InChI is InChI=1S/C21H24N6O3/c1-14-8-15(2)18-10-16(21(29)22-19(18)9-14)11-26(5-6-28)13-20-23-24-25-27(20)12-17-4-3-7-30-17/h3-4,7-10,28H,5-6,11-13H2,1-2H3,(H,22,29). The van der Waals surface area contributed by atoms with E-state index in [1.54, 1.807) is 10.9 Å². The number of nitrogens with zero attached hydrogens (tertiary/aromatic N) is 5. The van der Waals surface area contributed by atoms with Gasteiger partial charge in [0.2, 0.25) is 0 Å². The fourth-order valence-corrected chi connectivity index (χ4v) is 3.64. The molecule has 30 heavy (non-hydrogen) atoms. The lowest BCUT2D eigenvalue weighted by molar-refractivity contribution is 0.178. The maximum atomic E-state index is 12.7. The number of aromatic amines is 1. The van der Waals surface area contributed by atoms with E-state index in [1.807, 2.05) is 43.0 Å². The van der Waals surface area contributed by atoms with E-state index in [0.717, 1.165) is 27.8 Å². The average Bonchev–Trinajstić information content (AvgIpc) is 3.36. The molecule has 0 spiro atoms. The van der Waals surface area contributed by atoms with Crippen LogP contribution in [-0.2, 0) is 19.6 Å². The van der Waals surface area contributed by atoms with Gasteiger partial charge in [0.15, 0.2) is 5.82 Å². The van der Waals surface area contributed by atoms with Crippen molar-refractivity contribution >= 4 is 10.9 Å². The van der Waals surface area contributed by atoms with Crippen molar-refractivity contribution in [1.82, 2.24) is 30.1 Å². The van der Waals surface area contributed by atoms with Gasteiger partial charge in [0.1, 0.15) is 12.3 Å². The van der Waals surface area contributed by atoms with Gasteiger partial charge in [-0.1, -0.05) is 6.07 Å². The van der Waals surface area contributed by atoms with Crippen molar-refractivity contribution in [2.45, 2.75) is 33.5 Å². The van der Waals surface area contributed by atoms with E-state index >= 15 is 0 Å². The molecule has 0 atom stereocenters. The van der Waals surface area contributed by atoms with Crippen LogP contribution >= 0.6 is 0 Å². The highest BCUT2D eigenvalue weighted by Gasteiger charge is 2.16. The molecule has 9 heteroatoms. The Bertz CT molecular complexity index is 1200. The molecule has 0 aliphatic heterocycles. The Labute approximate surface area is 172 Å². The fraction of sp³-hybridized carbons (Fsp3) is 0.333. The van der Waals surface area contributed by atoms with Crippen LogP contribution in [0.5, 0.6) is 0 Å². The number of rotatable bonds is 8. The molecule has 0 radical (unpaired) electrons. The van der Waals surface area contributed by atoms with E-state index in [0.29, 0.717) is 37.6 Å². The number of aliphatic hydroxyl groups is 1. The third-order valence-corrected chi connectivity index (χ3v) is 5.06. The predicted molar refractivity (Wildman–Crippen MR) is 111 cm³/mol. The third-order valence-electron chi connectivity index (χ3n) is 5.06. The molecule has 156 valence electrons. The maximum absolute atomic E-state index is 12.7. The second-order valence-electron chi connectivity index (χ2n) is 7.43. The summed E-state index contributed by atoms with van der Waals surface area (Å²) in [5, 5.41) is 22.5. The van der Waals surface area contributed by atoms with Crippen LogP contribution in [0.1, 0.15) is 28.3 Å². The summed E-state index contributed by atoms with van der Waals surface area (Å²) in [5.74, 6) is 1.37. The minimum atomic E-state index is -0.134. The first-order valence-corrected chi connectivity index (χ1v) is 9.77. The second-order valence-corrected chi connectivity index (χ2v) is 7.43. The molecule has 9 nitrogen and oxygen atoms in total. The van der Waals surface area contributed by atoms with E-state index in [4.69, 9.17) is 4.42 Å². The third kappa shape index (κ3) is 4.32. The average molecular weight is 408 g/mol. The molecule has 0 fully saturated rings. The zero-order chi connectivity index (χ0) is 21.1. The molecule has 2 N–H and O–H groups in total. The monoisotopic (exact) mass is 408 g/mol. The quantitative estimate of drug-likeness (QED) is 0.457. The van der Waals surface area contributed by atoms with E-state index in [9.17, 15) is 9.90 Å². The summed E-state index contributed by atoms with van der Waals surface area (Å²) >= 11 is 0. The minimum absolute atomic E-state index is 0.0382. The van der Waals surface area contributed by atoms with Gasteiger partial charge in [-0.25, -0.2) is 4.68 Å². The number of hydrogen-bond donors (Lipinski definition) is 2. The van der Waals surface area contributed by atoms with Crippen LogP contribution in [0.15, 0.2) is 45.8 Å². The summed E-state index contributed by atoms with van der Waals surface area (Å²) in [7, 11) is 0. The summed E-state index contributed by atoms with van der Waals surface area (Å²) in [6.45, 7) is 5.56. The van der Waals surface area contributed by atoms with Gasteiger partial charge >= 0.3 is 0 Å². The van der Waals surface area contributed by atoms with Crippen LogP contribution in [0.4, 0.5) is 0 Å². The number of nitrogens with one attached hydrogen (secondary N) is 1. The molecule has 0 aliphatic carbocycles. The molecule has 0 saturated carbocycles. The lowest BCUT2D eigenvalue weighted by Gasteiger charge is -2.20. The molecular formula is C21H24N6O3. The number of tetrazole rings is 1. The summed E-state index contributed by atoms with van der Waals surface area (Å²) in [4.78, 5) is 17.6. The zero-order valence-corrected chi connectivity index (χ0v) is 17.0. The van der Waals surface area contributed by atoms with E-state index in [-0.39, 0.29) is 12.2 Å². The van der Waals surface area contributed by atoms with Gasteiger partial charge < -0.3 is 14.5 Å². The highest BCUT2D eigenvalue weighted by atomic mass is 16.3. The first-order chi connectivity index (χ1) is 14.5. The van der Waals surface area contributed by atoms with E-state index in [2.05, 4.69) is 26.6 Å². The van der Waals surface area contributed by atoms with Crippen molar-refractivity contribution in [3.63, 3.8) is 0 Å². The molecule has 0 bridgehead atoms. The van der Waals surface area contributed by atoms with Gasteiger partial charge in [-0.15, -0.1) is 5.10 Å². The number of aliphatic hydroxyl groups excluding tert-OH is 1. The lowest BCUT2D eigenvalue weighted by Crippen LogP contribution is -2.30. The highest BCUT2D eigenvalue weighted by Crippen LogP contribution is 2.19. The van der Waals surface area contributed by atoms with Crippen LogP contribution in [0, 0.1) is 13.8 Å². The molecule has 0 aliphatic rings. The normalized spacial score (nSPS) is 11.6. The Morgan fingerprint density at radius 3 is 2.87 bits per heavy atom. The van der Waals surface area contributed by atoms with E-state index < -0.39 is 0 Å². The molecule has 0 amide bonds. The van der Waals surface area contributed by atoms with Gasteiger partial charge in [0.05, 0.1) is 19.4 Å². The first kappa shape index (κ1) is 20.0. The van der Waals surface area contributed by atoms with Gasteiger partial charge in [-0.05, 0) is 59.7 Å². The largest absolute Gasteiger partial charge is 0.467 e. The van der Waals surface area contributed by atoms with Gasteiger partial charge in [-0.3, -0.25) is 9.69 Å². The first-order valence-electron chi connectivity index (χ1n) is 9.77. The van der Waals surface area contributed by atoms with Crippen molar-refractivity contribution in [1.29, 1.82) is 0 Å². The summed E-state index contributed by atoms with van der Waals surface area (Å²) in [6.07, 6.45) is 1.60. The molecule has 4 rings (SSSR count). The molecule has 1 aromatic carbocycles. The number of furan rings is 1. The highest BCUT2D eigenvalue weighted by molar-refractivity contribution is 5.83.